The first-order valence-corrected chi connectivity index (χ1v) is 9.48. The van der Waals surface area contributed by atoms with Crippen LogP contribution in [0.4, 0.5) is 5.69 Å². The van der Waals surface area contributed by atoms with Crippen LogP contribution in [0.15, 0.2) is 38.3 Å². The van der Waals surface area contributed by atoms with E-state index in [1.165, 1.54) is 12.1 Å². The van der Waals surface area contributed by atoms with Gasteiger partial charge in [-0.05, 0) is 59.6 Å². The third kappa shape index (κ3) is 3.88. The zero-order valence-corrected chi connectivity index (χ0v) is 15.1. The van der Waals surface area contributed by atoms with Gasteiger partial charge in [0.2, 0.25) is 0 Å². The molecule has 0 aliphatic rings. The summed E-state index contributed by atoms with van der Waals surface area (Å²) in [5.41, 5.74) is 1.37. The summed E-state index contributed by atoms with van der Waals surface area (Å²) in [5, 5.41) is 0. The van der Waals surface area contributed by atoms with Gasteiger partial charge < -0.3 is 4.74 Å². The van der Waals surface area contributed by atoms with Gasteiger partial charge in [0.25, 0.3) is 10.0 Å². The van der Waals surface area contributed by atoms with Gasteiger partial charge in [-0.3, -0.25) is 4.72 Å². The summed E-state index contributed by atoms with van der Waals surface area (Å²) >= 11 is 4.35. The second-order valence-corrected chi connectivity index (χ2v) is 8.79. The Hall–Kier alpha value is -1.38. The van der Waals surface area contributed by atoms with Crippen LogP contribution in [0, 0.1) is 6.92 Å². The molecule has 0 unspecified atom stereocenters. The minimum atomic E-state index is -3.68. The van der Waals surface area contributed by atoms with Crippen LogP contribution in [0.1, 0.15) is 22.8 Å². The molecule has 0 spiro atoms. The van der Waals surface area contributed by atoms with Gasteiger partial charge >= 0.3 is 5.97 Å². The van der Waals surface area contributed by atoms with Crippen LogP contribution in [-0.4, -0.2) is 21.0 Å². The predicted molar refractivity (Wildman–Crippen MR) is 90.0 cm³/mol. The maximum atomic E-state index is 12.3. The lowest BCUT2D eigenvalue weighted by atomic mass is 10.1. The molecule has 0 saturated carbocycles. The fraction of sp³-hybridized carbons (Fsp3) is 0.214. The second-order valence-electron chi connectivity index (χ2n) is 4.41. The Balaban J connectivity index is 2.32. The first kappa shape index (κ1) is 17.0. The van der Waals surface area contributed by atoms with Gasteiger partial charge in [-0.25, -0.2) is 13.2 Å². The number of aryl methyl sites for hydroxylation is 1. The molecule has 118 valence electrons. The predicted octanol–water partition coefficient (Wildman–Crippen LogP) is 3.80. The van der Waals surface area contributed by atoms with E-state index in [1.54, 1.807) is 32.0 Å². The Morgan fingerprint density at radius 1 is 1.32 bits per heavy atom. The minimum Gasteiger partial charge on any atom is -0.462 e. The van der Waals surface area contributed by atoms with E-state index in [0.717, 1.165) is 15.1 Å². The van der Waals surface area contributed by atoms with E-state index in [1.807, 2.05) is 0 Å². The van der Waals surface area contributed by atoms with Gasteiger partial charge in [0.05, 0.1) is 21.6 Å². The lowest BCUT2D eigenvalue weighted by Crippen LogP contribution is -2.13. The van der Waals surface area contributed by atoms with E-state index >= 15 is 0 Å². The Labute approximate surface area is 141 Å². The maximum Gasteiger partial charge on any atom is 0.338 e. The summed E-state index contributed by atoms with van der Waals surface area (Å²) in [6.07, 6.45) is 0. The standard InChI is InChI=1S/C14H14BrNO4S2/c1-3-20-14(17)10-5-4-9(2)11(8-10)16-22(18,19)13-7-6-12(15)21-13/h4-8,16H,3H2,1-2H3. The molecule has 0 saturated heterocycles. The van der Waals surface area contributed by atoms with Crippen molar-refractivity contribution in [3.05, 3.63) is 45.2 Å². The van der Waals surface area contributed by atoms with Crippen LogP contribution >= 0.6 is 27.3 Å². The lowest BCUT2D eigenvalue weighted by molar-refractivity contribution is 0.0526. The van der Waals surface area contributed by atoms with Crippen LogP contribution in [0.2, 0.25) is 0 Å². The minimum absolute atomic E-state index is 0.195. The molecular formula is C14H14BrNO4S2. The van der Waals surface area contributed by atoms with Gasteiger partial charge in [-0.15, -0.1) is 11.3 Å². The number of hydrogen-bond acceptors (Lipinski definition) is 5. The number of rotatable bonds is 5. The summed E-state index contributed by atoms with van der Waals surface area (Å²) in [7, 11) is -3.68. The molecule has 2 aromatic rings. The fourth-order valence-corrected chi connectivity index (χ4v) is 4.84. The first-order valence-electron chi connectivity index (χ1n) is 6.39. The monoisotopic (exact) mass is 403 g/mol. The molecule has 1 N–H and O–H groups in total. The molecule has 0 fully saturated rings. The first-order chi connectivity index (χ1) is 10.3. The molecular weight excluding hydrogens is 390 g/mol. The highest BCUT2D eigenvalue weighted by molar-refractivity contribution is 9.11. The van der Waals surface area contributed by atoms with Crippen LogP contribution in [0.5, 0.6) is 0 Å². The van der Waals surface area contributed by atoms with Crippen molar-refractivity contribution in [1.29, 1.82) is 0 Å². The zero-order valence-electron chi connectivity index (χ0n) is 11.9. The smallest absolute Gasteiger partial charge is 0.338 e. The van der Waals surface area contributed by atoms with Crippen LogP contribution in [0.3, 0.4) is 0 Å². The van der Waals surface area contributed by atoms with Crippen molar-refractivity contribution in [3.63, 3.8) is 0 Å². The fourth-order valence-electron chi connectivity index (χ4n) is 1.71. The Morgan fingerprint density at radius 2 is 2.05 bits per heavy atom. The number of thiophene rings is 1. The highest BCUT2D eigenvalue weighted by Crippen LogP contribution is 2.28. The van der Waals surface area contributed by atoms with Gasteiger partial charge in [0, 0.05) is 0 Å². The number of carbonyl (C=O) groups excluding carboxylic acids is 1. The van der Waals surface area contributed by atoms with Crippen molar-refractivity contribution in [2.24, 2.45) is 0 Å². The van der Waals surface area contributed by atoms with E-state index in [9.17, 15) is 13.2 Å². The maximum absolute atomic E-state index is 12.3. The quantitative estimate of drug-likeness (QED) is 0.770. The lowest BCUT2D eigenvalue weighted by Gasteiger charge is -2.11. The molecule has 0 amide bonds. The highest BCUT2D eigenvalue weighted by Gasteiger charge is 2.18. The SMILES string of the molecule is CCOC(=O)c1ccc(C)c(NS(=O)(=O)c2ccc(Br)s2)c1. The molecule has 0 atom stereocenters. The van der Waals surface area contributed by atoms with Crippen molar-refractivity contribution in [2.45, 2.75) is 18.1 Å². The topological polar surface area (TPSA) is 72.5 Å². The number of benzene rings is 1. The van der Waals surface area contributed by atoms with E-state index in [2.05, 4.69) is 20.7 Å². The molecule has 22 heavy (non-hydrogen) atoms. The molecule has 8 heteroatoms. The number of hydrogen-bond donors (Lipinski definition) is 1. The van der Waals surface area contributed by atoms with E-state index in [4.69, 9.17) is 4.74 Å². The number of carbonyl (C=O) groups is 1. The Bertz CT molecular complexity index is 799. The second kappa shape index (κ2) is 6.80. The van der Waals surface area contributed by atoms with Crippen molar-refractivity contribution in [3.8, 4) is 0 Å². The van der Waals surface area contributed by atoms with Gasteiger partial charge in [0.1, 0.15) is 4.21 Å². The molecule has 0 aliphatic carbocycles. The van der Waals surface area contributed by atoms with Crippen LogP contribution in [-0.2, 0) is 14.8 Å². The van der Waals surface area contributed by atoms with Crippen LogP contribution < -0.4 is 4.72 Å². The van der Waals surface area contributed by atoms with E-state index in [-0.39, 0.29) is 10.8 Å². The number of halogens is 1. The zero-order chi connectivity index (χ0) is 16.3. The summed E-state index contributed by atoms with van der Waals surface area (Å²) in [6, 6.07) is 7.94. The molecule has 0 aliphatic heterocycles. The number of ether oxygens (including phenoxy) is 1. The van der Waals surface area contributed by atoms with Gasteiger partial charge in [-0.1, -0.05) is 6.07 Å². The van der Waals surface area contributed by atoms with Crippen molar-refractivity contribution < 1.29 is 17.9 Å². The summed E-state index contributed by atoms with van der Waals surface area (Å²) in [6.45, 7) is 3.73. The number of sulfonamides is 1. The third-order valence-corrected chi connectivity index (χ3v) is 6.29. The van der Waals surface area contributed by atoms with Crippen molar-refractivity contribution in [2.75, 3.05) is 11.3 Å². The van der Waals surface area contributed by atoms with Crippen molar-refractivity contribution in [1.82, 2.24) is 0 Å². The van der Waals surface area contributed by atoms with Gasteiger partial charge in [0.15, 0.2) is 0 Å². The van der Waals surface area contributed by atoms with Crippen molar-refractivity contribution >= 4 is 48.9 Å². The van der Waals surface area contributed by atoms with E-state index in [0.29, 0.717) is 16.8 Å². The number of esters is 1. The summed E-state index contributed by atoms with van der Waals surface area (Å²) < 4.78 is 33.0. The molecule has 5 nitrogen and oxygen atoms in total. The molecule has 0 bridgehead atoms. The third-order valence-electron chi connectivity index (χ3n) is 2.81. The number of anilines is 1. The molecule has 1 aromatic carbocycles. The molecule has 0 radical (unpaired) electrons. The summed E-state index contributed by atoms with van der Waals surface area (Å²) in [5.74, 6) is -0.484. The normalized spacial score (nSPS) is 11.2. The molecule has 1 aromatic heterocycles. The molecule has 2 rings (SSSR count). The average Bonchev–Trinajstić information content (AvgIpc) is 2.89. The van der Waals surface area contributed by atoms with Gasteiger partial charge in [-0.2, -0.15) is 0 Å². The Morgan fingerprint density at radius 3 is 2.64 bits per heavy atom. The summed E-state index contributed by atoms with van der Waals surface area (Å²) in [4.78, 5) is 11.7. The van der Waals surface area contributed by atoms with Crippen LogP contribution in [0.25, 0.3) is 0 Å². The molecule has 1 heterocycles. The highest BCUT2D eigenvalue weighted by atomic mass is 79.9. The number of nitrogens with one attached hydrogen (secondary N) is 1. The largest absolute Gasteiger partial charge is 0.462 e. The Kier molecular flexibility index (Phi) is 5.25. The average molecular weight is 404 g/mol. The van der Waals surface area contributed by atoms with E-state index < -0.39 is 16.0 Å².